The van der Waals surface area contributed by atoms with E-state index in [4.69, 9.17) is 4.52 Å². The first-order chi connectivity index (χ1) is 8.75. The molecule has 3 heterocycles. The predicted octanol–water partition coefficient (Wildman–Crippen LogP) is 0.662. The number of carbonyl (C=O) groups is 1. The maximum atomic E-state index is 12.2. The molecule has 2 aromatic rings. The predicted molar refractivity (Wildman–Crippen MR) is 60.8 cm³/mol. The summed E-state index contributed by atoms with van der Waals surface area (Å²) in [6, 6.07) is 0.157. The first-order valence-electron chi connectivity index (χ1n) is 5.82. The molecule has 1 aliphatic heterocycles. The van der Waals surface area contributed by atoms with Crippen molar-refractivity contribution in [2.24, 2.45) is 0 Å². The van der Waals surface area contributed by atoms with Crippen molar-refractivity contribution in [2.75, 3.05) is 13.1 Å². The molecule has 0 spiro atoms. The zero-order valence-electron chi connectivity index (χ0n) is 9.98. The quantitative estimate of drug-likeness (QED) is 0.779. The lowest BCUT2D eigenvalue weighted by atomic mass is 10.2. The topological polar surface area (TPSA) is 77.0 Å². The lowest BCUT2D eigenvalue weighted by molar-refractivity contribution is 0.0784. The Morgan fingerprint density at radius 2 is 2.22 bits per heavy atom. The van der Waals surface area contributed by atoms with Crippen LogP contribution in [0.15, 0.2) is 23.1 Å². The highest BCUT2D eigenvalue weighted by Crippen LogP contribution is 2.22. The van der Waals surface area contributed by atoms with Crippen molar-refractivity contribution in [1.29, 1.82) is 0 Å². The summed E-state index contributed by atoms with van der Waals surface area (Å²) in [5, 5.41) is 11.8. The second kappa shape index (κ2) is 4.25. The summed E-state index contributed by atoms with van der Waals surface area (Å²) in [5.74, 6) is 0.518. The van der Waals surface area contributed by atoms with Gasteiger partial charge in [-0.2, -0.15) is 15.0 Å². The molecule has 94 valence electrons. The van der Waals surface area contributed by atoms with Crippen LogP contribution in [0.2, 0.25) is 0 Å². The molecule has 7 nitrogen and oxygen atoms in total. The Balaban J connectivity index is 1.73. The second-order valence-corrected chi connectivity index (χ2v) is 4.34. The van der Waals surface area contributed by atoms with E-state index in [-0.39, 0.29) is 11.9 Å². The minimum atomic E-state index is -0.0385. The minimum Gasteiger partial charge on any atom is -0.361 e. The third-order valence-corrected chi connectivity index (χ3v) is 3.19. The molecule has 0 aliphatic carbocycles. The molecule has 0 bridgehead atoms. The number of carbonyl (C=O) groups excluding carboxylic acids is 1. The van der Waals surface area contributed by atoms with Crippen LogP contribution in [0.5, 0.6) is 0 Å². The monoisotopic (exact) mass is 247 g/mol. The molecule has 0 N–H and O–H groups in total. The molecule has 3 rings (SSSR count). The van der Waals surface area contributed by atoms with E-state index >= 15 is 0 Å². The van der Waals surface area contributed by atoms with Gasteiger partial charge in [-0.15, -0.1) is 0 Å². The summed E-state index contributed by atoms with van der Waals surface area (Å²) in [4.78, 5) is 15.7. The number of likely N-dealkylation sites (tertiary alicyclic amines) is 1. The Morgan fingerprint density at radius 3 is 2.89 bits per heavy atom. The normalized spacial score (nSPS) is 19.4. The van der Waals surface area contributed by atoms with Gasteiger partial charge in [0.2, 0.25) is 0 Å². The highest BCUT2D eigenvalue weighted by Gasteiger charge is 2.30. The zero-order valence-corrected chi connectivity index (χ0v) is 9.98. The highest BCUT2D eigenvalue weighted by molar-refractivity contribution is 5.94. The van der Waals surface area contributed by atoms with Gasteiger partial charge >= 0.3 is 0 Å². The van der Waals surface area contributed by atoms with Gasteiger partial charge < -0.3 is 9.42 Å². The molecular weight excluding hydrogens is 234 g/mol. The van der Waals surface area contributed by atoms with Gasteiger partial charge in [0.15, 0.2) is 0 Å². The van der Waals surface area contributed by atoms with Crippen LogP contribution < -0.4 is 0 Å². The van der Waals surface area contributed by atoms with Crippen LogP contribution in [0.4, 0.5) is 0 Å². The summed E-state index contributed by atoms with van der Waals surface area (Å²) in [5.41, 5.74) is 0.532. The van der Waals surface area contributed by atoms with E-state index in [9.17, 15) is 4.79 Å². The van der Waals surface area contributed by atoms with E-state index in [1.165, 1.54) is 6.20 Å². The molecule has 7 heteroatoms. The molecule has 1 fully saturated rings. The number of amides is 1. The van der Waals surface area contributed by atoms with Crippen molar-refractivity contribution < 1.29 is 9.32 Å². The Kier molecular flexibility index (Phi) is 2.58. The molecular formula is C11H13N5O2. The van der Waals surface area contributed by atoms with Crippen LogP contribution in [0, 0.1) is 6.92 Å². The zero-order chi connectivity index (χ0) is 12.5. The highest BCUT2D eigenvalue weighted by atomic mass is 16.5. The summed E-state index contributed by atoms with van der Waals surface area (Å²) in [6.07, 6.45) is 5.63. The van der Waals surface area contributed by atoms with Crippen molar-refractivity contribution >= 4 is 5.91 Å². The standard InChI is InChI=1S/C11H13N5O2/c1-8-10(6-14-18-8)11(17)15-5-2-9(7-15)16-12-3-4-13-16/h3-4,6,9H,2,5,7H2,1H3. The average Bonchev–Trinajstić information content (AvgIpc) is 3.09. The van der Waals surface area contributed by atoms with Crippen LogP contribution in [-0.2, 0) is 0 Å². The van der Waals surface area contributed by atoms with Gasteiger partial charge in [0, 0.05) is 13.1 Å². The number of aryl methyl sites for hydroxylation is 1. The third-order valence-electron chi connectivity index (χ3n) is 3.19. The van der Waals surface area contributed by atoms with Crippen LogP contribution in [0.25, 0.3) is 0 Å². The van der Waals surface area contributed by atoms with E-state index in [0.717, 1.165) is 6.42 Å². The number of hydrogen-bond donors (Lipinski definition) is 0. The number of rotatable bonds is 2. The Labute approximate surface area is 103 Å². The fourth-order valence-corrected chi connectivity index (χ4v) is 2.20. The lowest BCUT2D eigenvalue weighted by Crippen LogP contribution is -2.29. The summed E-state index contributed by atoms with van der Waals surface area (Å²) in [7, 11) is 0. The smallest absolute Gasteiger partial charge is 0.259 e. The maximum Gasteiger partial charge on any atom is 0.259 e. The van der Waals surface area contributed by atoms with Crippen molar-refractivity contribution in [1.82, 2.24) is 25.1 Å². The third kappa shape index (κ3) is 1.77. The SMILES string of the molecule is Cc1oncc1C(=O)N1CCC(n2nccn2)C1. The Hall–Kier alpha value is -2.18. The largest absolute Gasteiger partial charge is 0.361 e. The van der Waals surface area contributed by atoms with Crippen molar-refractivity contribution in [3.8, 4) is 0 Å². The average molecular weight is 247 g/mol. The number of aromatic nitrogens is 4. The van der Waals surface area contributed by atoms with E-state index < -0.39 is 0 Å². The van der Waals surface area contributed by atoms with Crippen molar-refractivity contribution in [2.45, 2.75) is 19.4 Å². The van der Waals surface area contributed by atoms with E-state index in [1.807, 2.05) is 0 Å². The van der Waals surface area contributed by atoms with Gasteiger partial charge in [0.25, 0.3) is 5.91 Å². The van der Waals surface area contributed by atoms with Crippen LogP contribution in [0.1, 0.15) is 28.6 Å². The number of nitrogens with zero attached hydrogens (tertiary/aromatic N) is 5. The van der Waals surface area contributed by atoms with Crippen LogP contribution in [0.3, 0.4) is 0 Å². The molecule has 1 saturated heterocycles. The fraction of sp³-hybridized carbons (Fsp3) is 0.455. The summed E-state index contributed by atoms with van der Waals surface area (Å²) in [6.45, 7) is 3.07. The lowest BCUT2D eigenvalue weighted by Gasteiger charge is -2.15. The van der Waals surface area contributed by atoms with Crippen molar-refractivity contribution in [3.63, 3.8) is 0 Å². The van der Waals surface area contributed by atoms with E-state index in [0.29, 0.717) is 24.4 Å². The number of hydrogen-bond acceptors (Lipinski definition) is 5. The summed E-state index contributed by atoms with van der Waals surface area (Å²) >= 11 is 0. The maximum absolute atomic E-state index is 12.2. The van der Waals surface area contributed by atoms with Crippen LogP contribution in [-0.4, -0.2) is 44.0 Å². The van der Waals surface area contributed by atoms with Crippen molar-refractivity contribution in [3.05, 3.63) is 29.9 Å². The molecule has 0 radical (unpaired) electrons. The Bertz CT molecular complexity index is 548. The molecule has 1 amide bonds. The minimum absolute atomic E-state index is 0.0385. The first kappa shape index (κ1) is 10.9. The first-order valence-corrected chi connectivity index (χ1v) is 5.82. The van der Waals surface area contributed by atoms with Gasteiger partial charge in [-0.3, -0.25) is 4.79 Å². The van der Waals surface area contributed by atoms with E-state index in [1.54, 1.807) is 29.0 Å². The molecule has 0 aromatic carbocycles. The molecule has 18 heavy (non-hydrogen) atoms. The van der Waals surface area contributed by atoms with Gasteiger partial charge in [-0.05, 0) is 13.3 Å². The van der Waals surface area contributed by atoms with Crippen LogP contribution >= 0.6 is 0 Å². The second-order valence-electron chi connectivity index (χ2n) is 4.34. The molecule has 1 aliphatic rings. The molecule has 0 saturated carbocycles. The Morgan fingerprint density at radius 1 is 1.44 bits per heavy atom. The van der Waals surface area contributed by atoms with Gasteiger partial charge in [-0.25, -0.2) is 0 Å². The van der Waals surface area contributed by atoms with Gasteiger partial charge in [-0.1, -0.05) is 5.16 Å². The van der Waals surface area contributed by atoms with Gasteiger partial charge in [0.1, 0.15) is 11.3 Å². The molecule has 1 atom stereocenters. The fourth-order valence-electron chi connectivity index (χ4n) is 2.20. The molecule has 2 aromatic heterocycles. The summed E-state index contributed by atoms with van der Waals surface area (Å²) < 4.78 is 4.92. The van der Waals surface area contributed by atoms with Gasteiger partial charge in [0.05, 0.1) is 24.6 Å². The molecule has 1 unspecified atom stereocenters. The van der Waals surface area contributed by atoms with E-state index in [2.05, 4.69) is 15.4 Å².